The van der Waals surface area contributed by atoms with Crippen LogP contribution >= 0.6 is 11.3 Å². The third-order valence-corrected chi connectivity index (χ3v) is 2.32. The second-order valence-corrected chi connectivity index (χ2v) is 3.03. The average Bonchev–Trinajstić information content (AvgIpc) is 2.50. The van der Waals surface area contributed by atoms with Gasteiger partial charge in [-0.2, -0.15) is 0 Å². The minimum absolute atomic E-state index is 0.435. The maximum Gasteiger partial charge on any atom is 0.286 e. The molecular formula is C6H8N2O2S. The van der Waals surface area contributed by atoms with Gasteiger partial charge in [0.1, 0.15) is 4.88 Å². The zero-order chi connectivity index (χ0) is 8.27. The smallest absolute Gasteiger partial charge is 0.286 e. The molecule has 1 heterocycles. The average molecular weight is 172 g/mol. The van der Waals surface area contributed by atoms with Crippen LogP contribution in [0.15, 0.2) is 6.20 Å². The highest BCUT2D eigenvalue weighted by atomic mass is 32.1. The maximum absolute atomic E-state index is 10.8. The predicted octanol–water partition coefficient (Wildman–Crippen LogP) is 0.825. The molecule has 0 radical (unpaired) electrons. The first kappa shape index (κ1) is 8.16. The predicted molar refractivity (Wildman–Crippen MR) is 40.7 cm³/mol. The van der Waals surface area contributed by atoms with Gasteiger partial charge in [0.2, 0.25) is 0 Å². The molecule has 1 aromatic rings. The molecule has 0 aliphatic rings. The number of aromatic nitrogens is 1. The lowest BCUT2D eigenvalue weighted by atomic mass is 10.5. The third-order valence-electron chi connectivity index (χ3n) is 1.18. The molecule has 11 heavy (non-hydrogen) atoms. The van der Waals surface area contributed by atoms with Gasteiger partial charge in [0.25, 0.3) is 5.91 Å². The summed E-state index contributed by atoms with van der Waals surface area (Å²) in [6, 6.07) is 0. The normalized spacial score (nSPS) is 9.64. The Balaban J connectivity index is 2.80. The van der Waals surface area contributed by atoms with E-state index >= 15 is 0 Å². The fourth-order valence-corrected chi connectivity index (χ4v) is 1.38. The van der Waals surface area contributed by atoms with Gasteiger partial charge in [0, 0.05) is 0 Å². The highest BCUT2D eigenvalue weighted by Crippen LogP contribution is 2.12. The van der Waals surface area contributed by atoms with Crippen molar-refractivity contribution in [3.05, 3.63) is 16.1 Å². The van der Waals surface area contributed by atoms with E-state index in [0.717, 1.165) is 11.4 Å². The number of carbonyl (C=O) groups is 1. The van der Waals surface area contributed by atoms with Gasteiger partial charge in [-0.1, -0.05) is 6.92 Å². The van der Waals surface area contributed by atoms with Crippen LogP contribution in [0.3, 0.4) is 0 Å². The van der Waals surface area contributed by atoms with Gasteiger partial charge in [0.15, 0.2) is 0 Å². The zero-order valence-electron chi connectivity index (χ0n) is 6.00. The van der Waals surface area contributed by atoms with Crippen LogP contribution in [0.25, 0.3) is 0 Å². The van der Waals surface area contributed by atoms with Crippen LogP contribution in [0.5, 0.6) is 0 Å². The van der Waals surface area contributed by atoms with Crippen molar-refractivity contribution in [2.45, 2.75) is 13.3 Å². The highest BCUT2D eigenvalue weighted by Gasteiger charge is 2.07. The number of hydrogen-bond acceptors (Lipinski definition) is 4. The van der Waals surface area contributed by atoms with Crippen molar-refractivity contribution >= 4 is 17.2 Å². The summed E-state index contributed by atoms with van der Waals surface area (Å²) in [6.45, 7) is 1.96. The Morgan fingerprint density at radius 2 is 2.64 bits per heavy atom. The van der Waals surface area contributed by atoms with E-state index in [0.29, 0.717) is 4.88 Å². The minimum atomic E-state index is -0.498. The number of carbonyl (C=O) groups excluding carboxylic acids is 1. The van der Waals surface area contributed by atoms with Gasteiger partial charge in [-0.15, -0.1) is 11.3 Å². The summed E-state index contributed by atoms with van der Waals surface area (Å²) in [5, 5.41) is 9.14. The Hall–Kier alpha value is -0.940. The van der Waals surface area contributed by atoms with Crippen molar-refractivity contribution in [2.75, 3.05) is 0 Å². The van der Waals surface area contributed by atoms with E-state index in [1.54, 1.807) is 5.48 Å². The van der Waals surface area contributed by atoms with Crippen molar-refractivity contribution in [1.29, 1.82) is 0 Å². The van der Waals surface area contributed by atoms with E-state index in [1.165, 1.54) is 17.5 Å². The topological polar surface area (TPSA) is 62.2 Å². The largest absolute Gasteiger partial charge is 0.288 e. The van der Waals surface area contributed by atoms with Crippen molar-refractivity contribution < 1.29 is 10.0 Å². The molecule has 0 spiro atoms. The molecule has 0 aliphatic carbocycles. The van der Waals surface area contributed by atoms with Crippen LogP contribution in [0.4, 0.5) is 0 Å². The molecule has 4 nitrogen and oxygen atoms in total. The molecule has 0 fully saturated rings. The van der Waals surface area contributed by atoms with Gasteiger partial charge in [-0.25, -0.2) is 10.5 Å². The standard InChI is InChI=1S/C6H8N2O2S/c1-2-5-7-3-4(11-5)6(9)8-10/h3,10H,2H2,1H3,(H,8,9). The van der Waals surface area contributed by atoms with Crippen LogP contribution in [-0.2, 0) is 6.42 Å². The highest BCUT2D eigenvalue weighted by molar-refractivity contribution is 7.13. The first-order chi connectivity index (χ1) is 5.27. The molecule has 0 aliphatic heterocycles. The van der Waals surface area contributed by atoms with Crippen LogP contribution in [0.1, 0.15) is 21.6 Å². The van der Waals surface area contributed by atoms with E-state index in [1.807, 2.05) is 6.92 Å². The number of thiazole rings is 1. The summed E-state index contributed by atoms with van der Waals surface area (Å²) in [5.74, 6) is -0.498. The second kappa shape index (κ2) is 3.45. The number of hydroxylamine groups is 1. The molecule has 0 saturated carbocycles. The Bertz CT molecular complexity index is 259. The first-order valence-corrected chi connectivity index (χ1v) is 3.98. The summed E-state index contributed by atoms with van der Waals surface area (Å²) >= 11 is 1.28. The number of hydrogen-bond donors (Lipinski definition) is 2. The van der Waals surface area contributed by atoms with E-state index < -0.39 is 5.91 Å². The van der Waals surface area contributed by atoms with E-state index in [9.17, 15) is 4.79 Å². The van der Waals surface area contributed by atoms with E-state index in [2.05, 4.69) is 4.98 Å². The maximum atomic E-state index is 10.8. The summed E-state index contributed by atoms with van der Waals surface area (Å²) < 4.78 is 0. The summed E-state index contributed by atoms with van der Waals surface area (Å²) in [4.78, 5) is 15.1. The zero-order valence-corrected chi connectivity index (χ0v) is 6.81. The fraction of sp³-hybridized carbons (Fsp3) is 0.333. The second-order valence-electron chi connectivity index (χ2n) is 1.91. The molecule has 0 saturated heterocycles. The Kier molecular flexibility index (Phi) is 2.56. The molecule has 0 aromatic carbocycles. The van der Waals surface area contributed by atoms with Gasteiger partial charge in [-0.05, 0) is 6.42 Å². The lowest BCUT2D eigenvalue weighted by Gasteiger charge is -1.89. The van der Waals surface area contributed by atoms with Crippen molar-refractivity contribution in [2.24, 2.45) is 0 Å². The molecular weight excluding hydrogens is 164 g/mol. The van der Waals surface area contributed by atoms with Gasteiger partial charge in [-0.3, -0.25) is 10.0 Å². The quantitative estimate of drug-likeness (QED) is 0.513. The van der Waals surface area contributed by atoms with Crippen molar-refractivity contribution in [3.63, 3.8) is 0 Å². The number of aryl methyl sites for hydroxylation is 1. The monoisotopic (exact) mass is 172 g/mol. The molecule has 1 aromatic heterocycles. The van der Waals surface area contributed by atoms with Crippen LogP contribution < -0.4 is 5.48 Å². The van der Waals surface area contributed by atoms with Crippen molar-refractivity contribution in [3.8, 4) is 0 Å². The molecule has 0 bridgehead atoms. The minimum Gasteiger partial charge on any atom is -0.288 e. The van der Waals surface area contributed by atoms with Crippen molar-refractivity contribution in [1.82, 2.24) is 10.5 Å². The number of amides is 1. The number of rotatable bonds is 2. The summed E-state index contributed by atoms with van der Waals surface area (Å²) in [6.07, 6.45) is 2.26. The third kappa shape index (κ3) is 1.75. The van der Waals surface area contributed by atoms with Crippen LogP contribution in [-0.4, -0.2) is 16.1 Å². The molecule has 1 amide bonds. The fourth-order valence-electron chi connectivity index (χ4n) is 0.634. The number of nitrogens with zero attached hydrogens (tertiary/aromatic N) is 1. The van der Waals surface area contributed by atoms with Gasteiger partial charge >= 0.3 is 0 Å². The molecule has 2 N–H and O–H groups in total. The SMILES string of the molecule is CCc1ncc(C(=O)NO)s1. The number of nitrogens with one attached hydrogen (secondary N) is 1. The van der Waals surface area contributed by atoms with E-state index in [-0.39, 0.29) is 0 Å². The van der Waals surface area contributed by atoms with Crippen LogP contribution in [0.2, 0.25) is 0 Å². The molecule has 0 atom stereocenters. The summed E-state index contributed by atoms with van der Waals surface area (Å²) in [7, 11) is 0. The molecule has 60 valence electrons. The molecule has 5 heteroatoms. The van der Waals surface area contributed by atoms with Crippen LogP contribution in [0, 0.1) is 0 Å². The first-order valence-electron chi connectivity index (χ1n) is 3.17. The van der Waals surface area contributed by atoms with E-state index in [4.69, 9.17) is 5.21 Å². The summed E-state index contributed by atoms with van der Waals surface area (Å²) in [5.41, 5.74) is 1.55. The lowest BCUT2D eigenvalue weighted by molar-refractivity contribution is 0.0711. The van der Waals surface area contributed by atoms with Gasteiger partial charge < -0.3 is 0 Å². The Morgan fingerprint density at radius 3 is 3.09 bits per heavy atom. The Labute approximate surface area is 67.8 Å². The molecule has 1 rings (SSSR count). The lowest BCUT2D eigenvalue weighted by Crippen LogP contribution is -2.16. The Morgan fingerprint density at radius 1 is 1.91 bits per heavy atom. The molecule has 0 unspecified atom stereocenters. The van der Waals surface area contributed by atoms with Gasteiger partial charge in [0.05, 0.1) is 11.2 Å².